The van der Waals surface area contributed by atoms with Crippen molar-refractivity contribution < 1.29 is 9.53 Å². The van der Waals surface area contributed by atoms with Gasteiger partial charge in [0.2, 0.25) is 0 Å². The Labute approximate surface area is 142 Å². The van der Waals surface area contributed by atoms with Crippen LogP contribution < -0.4 is 15.4 Å². The van der Waals surface area contributed by atoms with Crippen molar-refractivity contribution in [1.82, 2.24) is 15.2 Å². The Kier molecular flexibility index (Phi) is 6.57. The largest absolute Gasteiger partial charge is 0.497 e. The highest BCUT2D eigenvalue weighted by Crippen LogP contribution is 2.11. The third-order valence-electron chi connectivity index (χ3n) is 3.50. The summed E-state index contributed by atoms with van der Waals surface area (Å²) in [4.78, 5) is 18.4. The summed E-state index contributed by atoms with van der Waals surface area (Å²) in [6.45, 7) is 2.22. The van der Waals surface area contributed by atoms with E-state index in [1.54, 1.807) is 19.4 Å². The van der Waals surface area contributed by atoms with E-state index in [0.717, 1.165) is 30.1 Å². The smallest absolute Gasteiger partial charge is 0.270 e. The molecule has 0 fully saturated rings. The summed E-state index contributed by atoms with van der Waals surface area (Å²) >= 11 is 0. The van der Waals surface area contributed by atoms with E-state index in [1.807, 2.05) is 44.4 Å². The summed E-state index contributed by atoms with van der Waals surface area (Å²) in [5, 5.41) is 6.12. The fraction of sp³-hybridized carbons (Fsp3) is 0.333. The molecule has 1 amide bonds. The molecule has 2 rings (SSSR count). The average Bonchev–Trinajstić information content (AvgIpc) is 2.60. The third kappa shape index (κ3) is 5.55. The van der Waals surface area contributed by atoms with Gasteiger partial charge in [0.1, 0.15) is 11.4 Å². The maximum absolute atomic E-state index is 12.1. The van der Waals surface area contributed by atoms with Crippen molar-refractivity contribution in [1.29, 1.82) is 0 Å². The van der Waals surface area contributed by atoms with Crippen LogP contribution in [0.1, 0.15) is 16.1 Å². The predicted octanol–water partition coefficient (Wildman–Crippen LogP) is 1.99. The van der Waals surface area contributed by atoms with Crippen LogP contribution in [0.25, 0.3) is 0 Å². The van der Waals surface area contributed by atoms with Crippen LogP contribution in [0.15, 0.2) is 42.6 Å². The first kappa shape index (κ1) is 17.7. The van der Waals surface area contributed by atoms with Crippen LogP contribution in [0.2, 0.25) is 0 Å². The van der Waals surface area contributed by atoms with Crippen molar-refractivity contribution >= 4 is 11.6 Å². The van der Waals surface area contributed by atoms with Gasteiger partial charge in [-0.2, -0.15) is 0 Å². The highest BCUT2D eigenvalue weighted by Gasteiger charge is 2.07. The van der Waals surface area contributed by atoms with Crippen molar-refractivity contribution in [3.05, 3.63) is 53.9 Å². The number of amides is 1. The van der Waals surface area contributed by atoms with E-state index >= 15 is 0 Å². The SMILES string of the molecule is COc1ccc(CNC(=O)c2ccc(NCCN(C)C)cn2)cc1. The van der Waals surface area contributed by atoms with E-state index in [2.05, 4.69) is 20.5 Å². The topological polar surface area (TPSA) is 66.5 Å². The number of carbonyl (C=O) groups excluding carboxylic acids is 1. The molecule has 0 aliphatic carbocycles. The number of aromatic nitrogens is 1. The number of nitrogens with zero attached hydrogens (tertiary/aromatic N) is 2. The molecule has 0 aliphatic rings. The number of ether oxygens (including phenoxy) is 1. The number of nitrogens with one attached hydrogen (secondary N) is 2. The molecule has 0 radical (unpaired) electrons. The summed E-state index contributed by atoms with van der Waals surface area (Å²) in [5.74, 6) is 0.606. The minimum absolute atomic E-state index is 0.189. The molecule has 0 unspecified atom stereocenters. The van der Waals surface area contributed by atoms with Crippen LogP contribution in [-0.2, 0) is 6.54 Å². The quantitative estimate of drug-likeness (QED) is 0.776. The Hall–Kier alpha value is -2.60. The van der Waals surface area contributed by atoms with Gasteiger partial charge in [0, 0.05) is 19.6 Å². The normalized spacial score (nSPS) is 10.5. The lowest BCUT2D eigenvalue weighted by molar-refractivity contribution is 0.0946. The van der Waals surface area contributed by atoms with Gasteiger partial charge < -0.3 is 20.3 Å². The highest BCUT2D eigenvalue weighted by molar-refractivity contribution is 5.92. The van der Waals surface area contributed by atoms with Crippen LogP contribution in [0.3, 0.4) is 0 Å². The number of likely N-dealkylation sites (N-methyl/N-ethyl adjacent to an activating group) is 1. The van der Waals surface area contributed by atoms with E-state index < -0.39 is 0 Å². The van der Waals surface area contributed by atoms with Gasteiger partial charge in [-0.25, -0.2) is 4.98 Å². The van der Waals surface area contributed by atoms with E-state index in [9.17, 15) is 4.79 Å². The van der Waals surface area contributed by atoms with Crippen molar-refractivity contribution in [2.45, 2.75) is 6.54 Å². The van der Waals surface area contributed by atoms with E-state index in [4.69, 9.17) is 4.74 Å². The lowest BCUT2D eigenvalue weighted by Gasteiger charge is -2.11. The Morgan fingerprint density at radius 3 is 2.50 bits per heavy atom. The second-order valence-corrected chi connectivity index (χ2v) is 5.69. The van der Waals surface area contributed by atoms with E-state index in [-0.39, 0.29) is 5.91 Å². The summed E-state index contributed by atoms with van der Waals surface area (Å²) in [6.07, 6.45) is 1.68. The molecule has 2 N–H and O–H groups in total. The number of benzene rings is 1. The lowest BCUT2D eigenvalue weighted by Crippen LogP contribution is -2.24. The molecule has 1 aromatic carbocycles. The second-order valence-electron chi connectivity index (χ2n) is 5.69. The van der Waals surface area contributed by atoms with Gasteiger partial charge in [0.15, 0.2) is 0 Å². The number of carbonyl (C=O) groups is 1. The number of hydrogen-bond donors (Lipinski definition) is 2. The van der Waals surface area contributed by atoms with E-state index in [0.29, 0.717) is 12.2 Å². The molecule has 1 heterocycles. The first-order chi connectivity index (χ1) is 11.6. The molecule has 6 heteroatoms. The minimum Gasteiger partial charge on any atom is -0.497 e. The fourth-order valence-electron chi connectivity index (χ4n) is 2.07. The molecule has 0 saturated heterocycles. The fourth-order valence-corrected chi connectivity index (χ4v) is 2.07. The van der Waals surface area contributed by atoms with Crippen molar-refractivity contribution in [3.8, 4) is 5.75 Å². The summed E-state index contributed by atoms with van der Waals surface area (Å²) < 4.78 is 5.11. The summed E-state index contributed by atoms with van der Waals surface area (Å²) in [5.41, 5.74) is 2.32. The number of anilines is 1. The molecule has 1 aromatic heterocycles. The molecule has 0 bridgehead atoms. The van der Waals surface area contributed by atoms with Gasteiger partial charge in [0.05, 0.1) is 19.0 Å². The first-order valence-corrected chi connectivity index (χ1v) is 7.84. The maximum Gasteiger partial charge on any atom is 0.270 e. The van der Waals surface area contributed by atoms with Gasteiger partial charge in [-0.1, -0.05) is 12.1 Å². The number of rotatable bonds is 8. The third-order valence-corrected chi connectivity index (χ3v) is 3.50. The average molecular weight is 328 g/mol. The van der Waals surface area contributed by atoms with E-state index in [1.165, 1.54) is 0 Å². The first-order valence-electron chi connectivity index (χ1n) is 7.84. The molecular weight excluding hydrogens is 304 g/mol. The molecule has 0 aliphatic heterocycles. The molecular formula is C18H24N4O2. The zero-order valence-corrected chi connectivity index (χ0v) is 14.4. The van der Waals surface area contributed by atoms with Gasteiger partial charge >= 0.3 is 0 Å². The van der Waals surface area contributed by atoms with Gasteiger partial charge in [-0.05, 0) is 43.9 Å². The Morgan fingerprint density at radius 1 is 1.17 bits per heavy atom. The molecule has 128 valence electrons. The second kappa shape index (κ2) is 8.88. The molecule has 0 atom stereocenters. The molecule has 6 nitrogen and oxygen atoms in total. The molecule has 2 aromatic rings. The standard InChI is InChI=1S/C18H24N4O2/c1-22(2)11-10-19-15-6-9-17(20-13-15)18(23)21-12-14-4-7-16(24-3)8-5-14/h4-9,13,19H,10-12H2,1-3H3,(H,21,23). The van der Waals surface area contributed by atoms with Crippen LogP contribution >= 0.6 is 0 Å². The highest BCUT2D eigenvalue weighted by atomic mass is 16.5. The molecule has 0 saturated carbocycles. The van der Waals surface area contributed by atoms with Crippen LogP contribution in [0, 0.1) is 0 Å². The summed E-state index contributed by atoms with van der Waals surface area (Å²) in [6, 6.07) is 11.2. The Morgan fingerprint density at radius 2 is 1.92 bits per heavy atom. The van der Waals surface area contributed by atoms with Crippen molar-refractivity contribution in [2.75, 3.05) is 39.6 Å². The zero-order valence-electron chi connectivity index (χ0n) is 14.4. The van der Waals surface area contributed by atoms with Gasteiger partial charge in [-0.15, -0.1) is 0 Å². The Balaban J connectivity index is 1.83. The summed E-state index contributed by atoms with van der Waals surface area (Å²) in [7, 11) is 5.67. The Bertz CT molecular complexity index is 639. The van der Waals surface area contributed by atoms with Gasteiger partial charge in [0.25, 0.3) is 5.91 Å². The number of methoxy groups -OCH3 is 1. The number of hydrogen-bond acceptors (Lipinski definition) is 5. The van der Waals surface area contributed by atoms with Gasteiger partial charge in [-0.3, -0.25) is 4.79 Å². The van der Waals surface area contributed by atoms with Crippen molar-refractivity contribution in [2.24, 2.45) is 0 Å². The molecule has 24 heavy (non-hydrogen) atoms. The minimum atomic E-state index is -0.189. The van der Waals surface area contributed by atoms with Crippen LogP contribution in [0.5, 0.6) is 5.75 Å². The van der Waals surface area contributed by atoms with Crippen LogP contribution in [-0.4, -0.2) is 50.1 Å². The lowest BCUT2D eigenvalue weighted by atomic mass is 10.2. The van der Waals surface area contributed by atoms with Crippen molar-refractivity contribution in [3.63, 3.8) is 0 Å². The van der Waals surface area contributed by atoms with Crippen LogP contribution in [0.4, 0.5) is 5.69 Å². The number of pyridine rings is 1. The monoisotopic (exact) mass is 328 g/mol. The zero-order chi connectivity index (χ0) is 17.4. The maximum atomic E-state index is 12.1. The predicted molar refractivity (Wildman–Crippen MR) is 95.4 cm³/mol. The molecule has 0 spiro atoms.